The average Bonchev–Trinajstić information content (AvgIpc) is 2.78. The molecule has 1 aromatic heterocycles. The van der Waals surface area contributed by atoms with E-state index in [4.69, 9.17) is 5.73 Å². The van der Waals surface area contributed by atoms with Gasteiger partial charge in [-0.25, -0.2) is 0 Å². The molecule has 3 heteroatoms. The van der Waals surface area contributed by atoms with E-state index in [-0.39, 0.29) is 0 Å². The van der Waals surface area contributed by atoms with E-state index in [1.807, 2.05) is 0 Å². The van der Waals surface area contributed by atoms with Crippen LogP contribution in [0.2, 0.25) is 0 Å². The molecule has 104 valence electrons. The van der Waals surface area contributed by atoms with Gasteiger partial charge >= 0.3 is 0 Å². The highest BCUT2D eigenvalue weighted by Crippen LogP contribution is 2.41. The lowest BCUT2D eigenvalue weighted by molar-refractivity contribution is 0.247. The second kappa shape index (κ2) is 4.21. The Hall–Kier alpha value is -1.58. The molecule has 2 aromatic rings. The zero-order valence-corrected chi connectivity index (χ0v) is 12.1. The highest BCUT2D eigenvalue weighted by Gasteiger charge is 2.33. The van der Waals surface area contributed by atoms with Crippen LogP contribution in [0.1, 0.15) is 11.1 Å². The normalized spacial score (nSPS) is 25.6. The summed E-state index contributed by atoms with van der Waals surface area (Å²) in [6.45, 7) is 1.81. The monoisotopic (exact) mass is 267 g/mol. The quantitative estimate of drug-likeness (QED) is 0.857. The molecule has 1 aliphatic heterocycles. The van der Waals surface area contributed by atoms with Crippen LogP contribution >= 0.6 is 0 Å². The molecule has 0 spiro atoms. The predicted octanol–water partition coefficient (Wildman–Crippen LogP) is 2.01. The van der Waals surface area contributed by atoms with Crippen molar-refractivity contribution in [3.05, 3.63) is 41.6 Å². The molecule has 3 nitrogen and oxygen atoms in total. The number of hydrogen-bond donors (Lipinski definition) is 1. The molecule has 1 aromatic carbocycles. The maximum atomic E-state index is 5.91. The first kappa shape index (κ1) is 12.2. The van der Waals surface area contributed by atoms with Crippen molar-refractivity contribution in [2.45, 2.75) is 12.5 Å². The van der Waals surface area contributed by atoms with Gasteiger partial charge in [0.05, 0.1) is 0 Å². The standard InChI is InChI=1S/C17H21N3/c1-19-9-11(8-18)6-14-13-4-3-5-15-17(13)12(7-16(14)19)10-20(15)2/h3-6,10-11,16H,7-9,18H2,1-2H3/t11?,16-/m1/s1. The smallest absolute Gasteiger partial charge is 0.0486 e. The topological polar surface area (TPSA) is 34.2 Å². The first-order valence-electron chi connectivity index (χ1n) is 7.38. The minimum atomic E-state index is 0.478. The summed E-state index contributed by atoms with van der Waals surface area (Å²) in [4.78, 5) is 2.47. The summed E-state index contributed by atoms with van der Waals surface area (Å²) < 4.78 is 2.26. The van der Waals surface area contributed by atoms with Gasteiger partial charge in [0.15, 0.2) is 0 Å². The molecule has 0 amide bonds. The van der Waals surface area contributed by atoms with E-state index < -0.39 is 0 Å². The molecular weight excluding hydrogens is 246 g/mol. The Kier molecular flexibility index (Phi) is 2.56. The molecule has 0 bridgehead atoms. The molecule has 0 radical (unpaired) electrons. The minimum Gasteiger partial charge on any atom is -0.350 e. The van der Waals surface area contributed by atoms with Gasteiger partial charge in [-0.1, -0.05) is 18.2 Å². The van der Waals surface area contributed by atoms with Crippen molar-refractivity contribution < 1.29 is 0 Å². The molecule has 2 aliphatic rings. The van der Waals surface area contributed by atoms with Gasteiger partial charge in [-0.3, -0.25) is 4.90 Å². The number of benzene rings is 1. The van der Waals surface area contributed by atoms with Gasteiger partial charge in [-0.15, -0.1) is 0 Å². The van der Waals surface area contributed by atoms with E-state index in [9.17, 15) is 0 Å². The lowest BCUT2D eigenvalue weighted by atomic mass is 9.80. The van der Waals surface area contributed by atoms with Crippen molar-refractivity contribution in [3.8, 4) is 0 Å². The van der Waals surface area contributed by atoms with Crippen LogP contribution in [0.5, 0.6) is 0 Å². The zero-order valence-electron chi connectivity index (χ0n) is 12.1. The highest BCUT2D eigenvalue weighted by molar-refractivity contribution is 5.98. The molecule has 2 atom stereocenters. The fraction of sp³-hybridized carbons (Fsp3) is 0.412. The SMILES string of the molecule is CN1CC(CN)C=C2c3cccc4c3c(cn4C)C[C@H]21. The molecule has 2 N–H and O–H groups in total. The van der Waals surface area contributed by atoms with Crippen LogP contribution in [-0.4, -0.2) is 35.6 Å². The Morgan fingerprint density at radius 3 is 2.95 bits per heavy atom. The summed E-state index contributed by atoms with van der Waals surface area (Å²) >= 11 is 0. The molecule has 0 saturated heterocycles. The number of likely N-dealkylation sites (N-methyl/N-ethyl adjacent to an activating group) is 1. The molecular formula is C17H21N3. The van der Waals surface area contributed by atoms with Crippen molar-refractivity contribution in [1.82, 2.24) is 9.47 Å². The van der Waals surface area contributed by atoms with Gasteiger partial charge in [0.2, 0.25) is 0 Å². The maximum Gasteiger partial charge on any atom is 0.0486 e. The van der Waals surface area contributed by atoms with Gasteiger partial charge in [0, 0.05) is 42.7 Å². The molecule has 2 heterocycles. The molecule has 4 rings (SSSR count). The van der Waals surface area contributed by atoms with Crippen LogP contribution in [0.15, 0.2) is 30.5 Å². The summed E-state index contributed by atoms with van der Waals surface area (Å²) in [6, 6.07) is 7.18. The number of nitrogens with zero attached hydrogens (tertiary/aromatic N) is 2. The lowest BCUT2D eigenvalue weighted by Crippen LogP contribution is -2.44. The third-order valence-electron chi connectivity index (χ3n) is 4.95. The third kappa shape index (κ3) is 1.54. The van der Waals surface area contributed by atoms with Crippen LogP contribution in [-0.2, 0) is 13.5 Å². The fourth-order valence-electron chi connectivity index (χ4n) is 3.97. The van der Waals surface area contributed by atoms with E-state index in [1.165, 1.54) is 27.6 Å². The Labute approximate surface area is 119 Å². The second-order valence-corrected chi connectivity index (χ2v) is 6.24. The van der Waals surface area contributed by atoms with Gasteiger partial charge in [0.1, 0.15) is 0 Å². The summed E-state index contributed by atoms with van der Waals surface area (Å²) in [6.07, 6.45) is 5.84. The number of rotatable bonds is 1. The second-order valence-electron chi connectivity index (χ2n) is 6.24. The number of fused-ring (bicyclic) bond motifs is 2. The number of nitrogens with two attached hydrogens (primary N) is 1. The van der Waals surface area contributed by atoms with Crippen molar-refractivity contribution in [2.24, 2.45) is 18.7 Å². The van der Waals surface area contributed by atoms with Crippen molar-refractivity contribution in [3.63, 3.8) is 0 Å². The summed E-state index contributed by atoms with van der Waals surface area (Å²) in [5.41, 5.74) is 11.6. The average molecular weight is 267 g/mol. The Balaban J connectivity index is 1.99. The molecule has 20 heavy (non-hydrogen) atoms. The van der Waals surface area contributed by atoms with Crippen molar-refractivity contribution in [2.75, 3.05) is 20.1 Å². The van der Waals surface area contributed by atoms with Crippen molar-refractivity contribution in [1.29, 1.82) is 0 Å². The predicted molar refractivity (Wildman–Crippen MR) is 83.6 cm³/mol. The Bertz CT molecular complexity index is 710. The largest absolute Gasteiger partial charge is 0.350 e. The van der Waals surface area contributed by atoms with Crippen LogP contribution < -0.4 is 5.73 Å². The van der Waals surface area contributed by atoms with Crippen molar-refractivity contribution >= 4 is 16.5 Å². The summed E-state index contributed by atoms with van der Waals surface area (Å²) in [5, 5.41) is 1.45. The van der Waals surface area contributed by atoms with E-state index in [0.29, 0.717) is 12.0 Å². The lowest BCUT2D eigenvalue weighted by Gasteiger charge is -2.39. The Morgan fingerprint density at radius 2 is 2.15 bits per heavy atom. The summed E-state index contributed by atoms with van der Waals surface area (Å²) in [7, 11) is 4.37. The van der Waals surface area contributed by atoms with Crippen LogP contribution in [0.25, 0.3) is 16.5 Å². The van der Waals surface area contributed by atoms with E-state index in [2.05, 4.69) is 54.0 Å². The van der Waals surface area contributed by atoms with Crippen LogP contribution in [0.4, 0.5) is 0 Å². The number of aryl methyl sites for hydroxylation is 1. The minimum absolute atomic E-state index is 0.478. The zero-order chi connectivity index (χ0) is 13.9. The van der Waals surface area contributed by atoms with E-state index in [0.717, 1.165) is 19.5 Å². The van der Waals surface area contributed by atoms with E-state index >= 15 is 0 Å². The van der Waals surface area contributed by atoms with Gasteiger partial charge in [-0.2, -0.15) is 0 Å². The highest BCUT2D eigenvalue weighted by atomic mass is 15.1. The third-order valence-corrected chi connectivity index (χ3v) is 4.95. The molecule has 1 aliphatic carbocycles. The Morgan fingerprint density at radius 1 is 1.30 bits per heavy atom. The number of aromatic nitrogens is 1. The molecule has 0 fully saturated rings. The van der Waals surface area contributed by atoms with Crippen LogP contribution in [0, 0.1) is 5.92 Å². The molecule has 0 saturated carbocycles. The fourth-order valence-corrected chi connectivity index (χ4v) is 3.97. The molecule has 1 unspecified atom stereocenters. The van der Waals surface area contributed by atoms with Gasteiger partial charge < -0.3 is 10.3 Å². The van der Waals surface area contributed by atoms with E-state index in [1.54, 1.807) is 0 Å². The van der Waals surface area contributed by atoms with Gasteiger partial charge in [0.25, 0.3) is 0 Å². The van der Waals surface area contributed by atoms with Crippen LogP contribution in [0.3, 0.4) is 0 Å². The first-order valence-corrected chi connectivity index (χ1v) is 7.38. The van der Waals surface area contributed by atoms with Gasteiger partial charge in [-0.05, 0) is 42.8 Å². The first-order chi connectivity index (χ1) is 9.69. The summed E-state index contributed by atoms with van der Waals surface area (Å²) in [5.74, 6) is 0.478. The number of hydrogen-bond acceptors (Lipinski definition) is 2. The maximum absolute atomic E-state index is 5.91.